The molecule has 0 spiro atoms. The molecule has 3 nitrogen and oxygen atoms in total. The largest absolute Gasteiger partial charge is 0.416 e. The van der Waals surface area contributed by atoms with Crippen molar-refractivity contribution in [3.8, 4) is 0 Å². The number of carbonyl (C=O) groups excluding carboxylic acids is 1. The summed E-state index contributed by atoms with van der Waals surface area (Å²) in [5.41, 5.74) is 1.17. The maximum Gasteiger partial charge on any atom is 0.416 e. The molecule has 2 fully saturated rings. The quantitative estimate of drug-likeness (QED) is 0.714. The number of piperidine rings is 1. The lowest BCUT2D eigenvalue weighted by atomic mass is 9.85. The number of benzene rings is 1. The Labute approximate surface area is 165 Å². The molecule has 0 bridgehead atoms. The van der Waals surface area contributed by atoms with Crippen molar-refractivity contribution in [2.75, 3.05) is 26.2 Å². The summed E-state index contributed by atoms with van der Waals surface area (Å²) in [6.45, 7) is 11.4. The van der Waals surface area contributed by atoms with Gasteiger partial charge in [0.15, 0.2) is 0 Å². The van der Waals surface area contributed by atoms with Crippen LogP contribution in [0.1, 0.15) is 62.6 Å². The first-order chi connectivity index (χ1) is 13.0. The molecule has 0 radical (unpaired) electrons. The molecule has 2 saturated heterocycles. The molecule has 0 N–H and O–H groups in total. The lowest BCUT2D eigenvalue weighted by molar-refractivity contribution is -0.138. The molecular formula is C22H31F3N2O. The number of amides is 1. The van der Waals surface area contributed by atoms with E-state index in [0.717, 1.165) is 37.9 Å². The zero-order valence-corrected chi connectivity index (χ0v) is 17.3. The highest BCUT2D eigenvalue weighted by atomic mass is 19.4. The van der Waals surface area contributed by atoms with E-state index >= 15 is 0 Å². The normalized spacial score (nSPS) is 22.7. The Morgan fingerprint density at radius 2 is 1.68 bits per heavy atom. The standard InChI is InChI=1S/C22H31F3N2O/c1-15-13-18(22(23,24)25)5-6-19(15)16-7-10-26(11-8-16)20(28)17-9-12-27(14-17)21(2,3)4/h5-6,13,16-17H,7-12,14H2,1-4H3. The Kier molecular flexibility index (Phi) is 5.81. The van der Waals surface area contributed by atoms with Crippen molar-refractivity contribution in [3.05, 3.63) is 34.9 Å². The Hall–Kier alpha value is -1.56. The summed E-state index contributed by atoms with van der Waals surface area (Å²) < 4.78 is 38.7. The Balaban J connectivity index is 1.58. The summed E-state index contributed by atoms with van der Waals surface area (Å²) in [6, 6.07) is 4.05. The molecule has 28 heavy (non-hydrogen) atoms. The molecule has 2 aliphatic heterocycles. The van der Waals surface area contributed by atoms with Crippen molar-refractivity contribution in [3.63, 3.8) is 0 Å². The van der Waals surface area contributed by atoms with E-state index in [1.807, 2.05) is 4.90 Å². The highest BCUT2D eigenvalue weighted by Crippen LogP contribution is 2.36. The van der Waals surface area contributed by atoms with Crippen molar-refractivity contribution in [1.82, 2.24) is 9.80 Å². The van der Waals surface area contributed by atoms with Crippen LogP contribution in [0.5, 0.6) is 0 Å². The van der Waals surface area contributed by atoms with Gasteiger partial charge in [-0.3, -0.25) is 9.69 Å². The van der Waals surface area contributed by atoms with E-state index in [1.165, 1.54) is 12.1 Å². The van der Waals surface area contributed by atoms with Crippen LogP contribution in [0, 0.1) is 12.8 Å². The molecule has 1 unspecified atom stereocenters. The molecule has 0 aliphatic carbocycles. The molecule has 156 valence electrons. The third-order valence-corrected chi connectivity index (χ3v) is 6.33. The SMILES string of the molecule is Cc1cc(C(F)(F)F)ccc1C1CCN(C(=O)C2CCN(C(C)(C)C)C2)CC1. The average Bonchev–Trinajstić information content (AvgIpc) is 3.11. The van der Waals surface area contributed by atoms with Crippen LogP contribution in [-0.2, 0) is 11.0 Å². The van der Waals surface area contributed by atoms with Gasteiger partial charge >= 0.3 is 6.18 Å². The molecule has 1 amide bonds. The van der Waals surface area contributed by atoms with Crippen molar-refractivity contribution < 1.29 is 18.0 Å². The van der Waals surface area contributed by atoms with Gasteiger partial charge in [0.05, 0.1) is 11.5 Å². The van der Waals surface area contributed by atoms with Crippen LogP contribution in [0.25, 0.3) is 0 Å². The first-order valence-corrected chi connectivity index (χ1v) is 10.2. The predicted octanol–water partition coefficient (Wildman–Crippen LogP) is 4.84. The number of halogens is 3. The lowest BCUT2D eigenvalue weighted by Crippen LogP contribution is -2.44. The van der Waals surface area contributed by atoms with Gasteiger partial charge in [-0.1, -0.05) is 6.07 Å². The van der Waals surface area contributed by atoms with E-state index in [4.69, 9.17) is 0 Å². The lowest BCUT2D eigenvalue weighted by Gasteiger charge is -2.35. The number of carbonyl (C=O) groups is 1. The van der Waals surface area contributed by atoms with Crippen molar-refractivity contribution in [1.29, 1.82) is 0 Å². The molecular weight excluding hydrogens is 365 g/mol. The molecule has 3 rings (SSSR count). The monoisotopic (exact) mass is 396 g/mol. The molecule has 0 aromatic heterocycles. The molecule has 2 aliphatic rings. The zero-order chi connectivity index (χ0) is 20.7. The second kappa shape index (κ2) is 7.69. The minimum atomic E-state index is -4.30. The molecule has 1 aromatic carbocycles. The number of alkyl halides is 3. The highest BCUT2D eigenvalue weighted by molar-refractivity contribution is 5.79. The molecule has 0 saturated carbocycles. The van der Waals surface area contributed by atoms with Crippen LogP contribution >= 0.6 is 0 Å². The maximum absolute atomic E-state index is 12.9. The number of aryl methyl sites for hydroxylation is 1. The zero-order valence-electron chi connectivity index (χ0n) is 17.3. The Morgan fingerprint density at radius 3 is 2.18 bits per heavy atom. The minimum absolute atomic E-state index is 0.0728. The van der Waals surface area contributed by atoms with Gasteiger partial charge < -0.3 is 4.90 Å². The fourth-order valence-corrected chi connectivity index (χ4v) is 4.55. The van der Waals surface area contributed by atoms with Gasteiger partial charge in [0.2, 0.25) is 5.91 Å². The fraction of sp³-hybridized carbons (Fsp3) is 0.682. The summed E-state index contributed by atoms with van der Waals surface area (Å²) in [6.07, 6.45) is -1.77. The topological polar surface area (TPSA) is 23.6 Å². The van der Waals surface area contributed by atoms with Crippen LogP contribution in [0.4, 0.5) is 13.2 Å². The first-order valence-electron chi connectivity index (χ1n) is 10.2. The third kappa shape index (κ3) is 4.53. The molecule has 2 heterocycles. The Morgan fingerprint density at radius 1 is 1.04 bits per heavy atom. The summed E-state index contributed by atoms with van der Waals surface area (Å²) >= 11 is 0. The number of nitrogens with zero attached hydrogens (tertiary/aromatic N) is 2. The fourth-order valence-electron chi connectivity index (χ4n) is 4.55. The molecule has 1 atom stereocenters. The number of hydrogen-bond acceptors (Lipinski definition) is 2. The van der Waals surface area contributed by atoms with E-state index in [-0.39, 0.29) is 23.3 Å². The van der Waals surface area contributed by atoms with E-state index < -0.39 is 11.7 Å². The van der Waals surface area contributed by atoms with Gasteiger partial charge in [-0.15, -0.1) is 0 Å². The number of hydrogen-bond donors (Lipinski definition) is 0. The van der Waals surface area contributed by atoms with Crippen molar-refractivity contribution in [2.24, 2.45) is 5.92 Å². The minimum Gasteiger partial charge on any atom is -0.342 e. The Bertz CT molecular complexity index is 715. The summed E-state index contributed by atoms with van der Waals surface area (Å²) in [4.78, 5) is 17.2. The molecule has 6 heteroatoms. The maximum atomic E-state index is 12.9. The number of likely N-dealkylation sites (tertiary alicyclic amines) is 2. The smallest absolute Gasteiger partial charge is 0.342 e. The van der Waals surface area contributed by atoms with Crippen LogP contribution in [-0.4, -0.2) is 47.4 Å². The van der Waals surface area contributed by atoms with Crippen molar-refractivity contribution in [2.45, 2.75) is 64.6 Å². The van der Waals surface area contributed by atoms with Gasteiger partial charge in [0, 0.05) is 25.2 Å². The first kappa shape index (κ1) is 21.2. The number of rotatable bonds is 2. The van der Waals surface area contributed by atoms with Gasteiger partial charge in [-0.2, -0.15) is 13.2 Å². The van der Waals surface area contributed by atoms with Crippen molar-refractivity contribution >= 4 is 5.91 Å². The van der Waals surface area contributed by atoms with E-state index in [1.54, 1.807) is 13.0 Å². The molecule has 1 aromatic rings. The van der Waals surface area contributed by atoms with Crippen LogP contribution < -0.4 is 0 Å². The third-order valence-electron chi connectivity index (χ3n) is 6.33. The van der Waals surface area contributed by atoms with Crippen LogP contribution in [0.15, 0.2) is 18.2 Å². The van der Waals surface area contributed by atoms with E-state index in [9.17, 15) is 18.0 Å². The predicted molar refractivity (Wildman–Crippen MR) is 104 cm³/mol. The second-order valence-electron chi connectivity index (χ2n) is 9.27. The van der Waals surface area contributed by atoms with Gasteiger partial charge in [0.25, 0.3) is 0 Å². The second-order valence-corrected chi connectivity index (χ2v) is 9.27. The van der Waals surface area contributed by atoms with Gasteiger partial charge in [-0.25, -0.2) is 0 Å². The van der Waals surface area contributed by atoms with Gasteiger partial charge in [0.1, 0.15) is 0 Å². The highest BCUT2D eigenvalue weighted by Gasteiger charge is 2.37. The summed E-state index contributed by atoms with van der Waals surface area (Å²) in [5, 5.41) is 0. The van der Waals surface area contributed by atoms with Crippen LogP contribution in [0.3, 0.4) is 0 Å². The summed E-state index contributed by atoms with van der Waals surface area (Å²) in [7, 11) is 0. The van der Waals surface area contributed by atoms with Crippen LogP contribution in [0.2, 0.25) is 0 Å². The van der Waals surface area contributed by atoms with E-state index in [0.29, 0.717) is 18.7 Å². The van der Waals surface area contributed by atoms with Gasteiger partial charge in [-0.05, 0) is 82.7 Å². The average molecular weight is 396 g/mol. The summed E-state index contributed by atoms with van der Waals surface area (Å²) in [5.74, 6) is 0.541. The van der Waals surface area contributed by atoms with E-state index in [2.05, 4.69) is 25.7 Å².